The molecule has 57 heavy (non-hydrogen) atoms. The molecule has 0 rings (SSSR count). The van der Waals surface area contributed by atoms with Crippen molar-refractivity contribution < 1.29 is 141 Å². The van der Waals surface area contributed by atoms with E-state index in [1.165, 1.54) is 14.1 Å². The van der Waals surface area contributed by atoms with Crippen LogP contribution in [-0.4, -0.2) is 159 Å². The van der Waals surface area contributed by atoms with Gasteiger partial charge in [0.05, 0.1) is 33.0 Å². The predicted octanol–water partition coefficient (Wildman–Crippen LogP) is 6.86. The van der Waals surface area contributed by atoms with Gasteiger partial charge < -0.3 is 9.59 Å². The summed E-state index contributed by atoms with van der Waals surface area (Å²) in [5.41, 5.74) is 0. The highest BCUT2D eigenvalue weighted by atomic mass is 32.2. The average Bonchev–Trinajstić information content (AvgIpc) is 2.97. The number of alkyl halides is 25. The molecule has 2 N–H and O–H groups in total. The lowest BCUT2D eigenvalue weighted by atomic mass is 9.85. The van der Waals surface area contributed by atoms with Crippen LogP contribution in [0.15, 0.2) is 0 Å². The molecule has 0 saturated heterocycles. The maximum atomic E-state index is 14.9. The normalized spacial score (nSPS) is 16.5. The Labute approximate surface area is 301 Å². The number of hydrogen-bond donors (Lipinski definition) is 2. The molecular weight excluding hydrogens is 927 g/mol. The summed E-state index contributed by atoms with van der Waals surface area (Å²) in [5.74, 6) is -96.4. The second-order valence-corrected chi connectivity index (χ2v) is 15.8. The third-order valence-corrected chi connectivity index (χ3v) is 10.4. The molecule has 0 saturated carbocycles. The lowest BCUT2D eigenvalue weighted by Crippen LogP contribution is -2.78. The van der Waals surface area contributed by atoms with E-state index in [0.29, 0.717) is 0 Å². The van der Waals surface area contributed by atoms with Gasteiger partial charge in [0.1, 0.15) is 6.54 Å². The maximum absolute atomic E-state index is 14.9. The van der Waals surface area contributed by atoms with Crippen molar-refractivity contribution in [3.8, 4) is 0 Å². The number of sulfonamides is 1. The summed E-state index contributed by atoms with van der Waals surface area (Å²) in [6, 6.07) is 0. The minimum Gasteiger partial charge on any atom is -0.391 e. The monoisotopic (exact) mass is 951 g/mol. The Kier molecular flexibility index (Phi) is 14.9. The topological polar surface area (TPSA) is 112 Å². The van der Waals surface area contributed by atoms with Gasteiger partial charge in [0.25, 0.3) is 20.1 Å². The lowest BCUT2D eigenvalue weighted by Gasteiger charge is -2.45. The van der Waals surface area contributed by atoms with Crippen LogP contribution in [0.1, 0.15) is 12.8 Å². The van der Waals surface area contributed by atoms with Crippen molar-refractivity contribution in [3.05, 3.63) is 0 Å². The van der Waals surface area contributed by atoms with E-state index in [2.05, 4.69) is 0 Å². The Morgan fingerprint density at radius 2 is 0.737 bits per heavy atom. The predicted molar refractivity (Wildman–Crippen MR) is 136 cm³/mol. The molecule has 0 spiro atoms. The Balaban J connectivity index is 7.51. The molecule has 0 aromatic rings. The summed E-state index contributed by atoms with van der Waals surface area (Å²) in [6.45, 7) is -5.26. The number of hydrogen-bond acceptors (Lipinski definition) is 5. The van der Waals surface area contributed by atoms with Crippen molar-refractivity contribution in [1.29, 1.82) is 0 Å². The average molecular weight is 952 g/mol. The van der Waals surface area contributed by atoms with E-state index < -0.39 is 144 Å². The minimum atomic E-state index is -9.84. The molecule has 0 amide bonds. The van der Waals surface area contributed by atoms with E-state index in [1.54, 1.807) is 0 Å². The molecule has 0 atom stereocenters. The molecule has 344 valence electrons. The van der Waals surface area contributed by atoms with Gasteiger partial charge in [0.15, 0.2) is 0 Å². The van der Waals surface area contributed by atoms with Crippen LogP contribution in [0.4, 0.5) is 110 Å². The van der Waals surface area contributed by atoms with Gasteiger partial charge in [0, 0.05) is 19.5 Å². The summed E-state index contributed by atoms with van der Waals surface area (Å²) in [5, 5.41) is 0.791. The number of quaternary nitrogens is 1. The van der Waals surface area contributed by atoms with E-state index in [0.717, 1.165) is 0 Å². The zero-order valence-electron chi connectivity index (χ0n) is 27.3. The Hall–Kier alpha value is -2.01. The number of nitrogens with zero attached hydrogens (tertiary/aromatic N) is 2. The van der Waals surface area contributed by atoms with Gasteiger partial charge in [0.2, 0.25) is 0 Å². The number of halogens is 25. The van der Waals surface area contributed by atoms with Crippen LogP contribution in [0.3, 0.4) is 0 Å². The highest BCUT2D eigenvalue weighted by molar-refractivity contribution is 7.90. The van der Waals surface area contributed by atoms with Crippen LogP contribution >= 0.6 is 0 Å². The first-order chi connectivity index (χ1) is 24.4. The van der Waals surface area contributed by atoms with Crippen molar-refractivity contribution in [1.82, 2.24) is 4.31 Å². The van der Waals surface area contributed by atoms with Crippen LogP contribution in [0, 0.1) is 0 Å². The van der Waals surface area contributed by atoms with Gasteiger partial charge >= 0.3 is 70.7 Å². The fraction of sp³-hybridized carbons (Fsp3) is 1.00. The molecule has 0 bridgehead atoms. The van der Waals surface area contributed by atoms with Crippen molar-refractivity contribution in [2.45, 2.75) is 83.5 Å². The molecular formula is C22H24F25N2O6S2+. The van der Waals surface area contributed by atoms with Crippen LogP contribution in [-0.2, 0) is 20.1 Å². The van der Waals surface area contributed by atoms with Crippen molar-refractivity contribution in [2.75, 3.05) is 52.6 Å². The molecule has 0 fully saturated rings. The van der Waals surface area contributed by atoms with Crippen molar-refractivity contribution >= 4 is 20.1 Å². The fourth-order valence-electron chi connectivity index (χ4n) is 4.10. The largest absolute Gasteiger partial charge is 0.460 e. The summed E-state index contributed by atoms with van der Waals surface area (Å²) < 4.78 is 399. The highest BCUT2D eigenvalue weighted by Crippen LogP contribution is 2.68. The van der Waals surface area contributed by atoms with E-state index in [-0.39, 0.29) is 6.54 Å². The minimum absolute atomic E-state index is 0.297. The Bertz CT molecular complexity index is 1630. The molecule has 0 aromatic heterocycles. The van der Waals surface area contributed by atoms with E-state index in [1.807, 2.05) is 0 Å². The van der Waals surface area contributed by atoms with Gasteiger partial charge in [-0.25, -0.2) is 8.42 Å². The second-order valence-electron chi connectivity index (χ2n) is 12.3. The first-order valence-corrected chi connectivity index (χ1v) is 17.0. The molecule has 0 aliphatic rings. The molecule has 0 aromatic carbocycles. The number of likely N-dealkylation sites (N-methyl/N-ethyl adjacent to an activating group) is 1. The first kappa shape index (κ1) is 55.0. The van der Waals surface area contributed by atoms with Gasteiger partial charge in [-0.3, -0.25) is 4.55 Å². The molecule has 0 aliphatic carbocycles. The lowest BCUT2D eigenvalue weighted by molar-refractivity contribution is -0.890. The maximum Gasteiger partial charge on any atom is 0.460 e. The Morgan fingerprint density at radius 1 is 0.456 bits per heavy atom. The molecule has 0 aliphatic heterocycles. The number of aliphatic hydroxyl groups excluding tert-OH is 1. The zero-order chi connectivity index (χ0) is 46.7. The SMILES string of the molecule is C[N+](C)(CCO)CCCN(CCCS(=O)(=O)O)S(=O)(=O)C(F)(F)C(F)(F)C(F)(F)C(F)(F)C(F)(F)C(F)(F)C(F)(F)C(F)(F)C(F)(F)C(F)(F)C(F)(F)C(F)(F)F. The summed E-state index contributed by atoms with van der Waals surface area (Å²) >= 11 is 0. The summed E-state index contributed by atoms with van der Waals surface area (Å²) in [7, 11) is -10.9. The van der Waals surface area contributed by atoms with E-state index in [9.17, 15) is 127 Å². The van der Waals surface area contributed by atoms with Crippen molar-refractivity contribution in [3.63, 3.8) is 0 Å². The fourth-order valence-corrected chi connectivity index (χ4v) is 6.10. The smallest absolute Gasteiger partial charge is 0.391 e. The standard InChI is InChI=1S/C22H23F25N2O6S2/c1-49(2,8-9-50)7-3-5-48(6-4-10-56(51,52)53)57(54,55)22(46,47)20(41,42)18(37,38)16(33,34)14(29,30)12(25,26)11(23,24)13(27,28)15(31,32)17(35,36)19(39,40)21(43,44)45/h50H,3-10H2,1-2H3/p+1. The third kappa shape index (κ3) is 8.64. The quantitative estimate of drug-likeness (QED) is 0.0698. The molecule has 8 nitrogen and oxygen atoms in total. The van der Waals surface area contributed by atoms with Gasteiger partial charge in [-0.2, -0.15) is 122 Å². The van der Waals surface area contributed by atoms with Crippen LogP contribution < -0.4 is 0 Å². The molecule has 0 heterocycles. The summed E-state index contributed by atoms with van der Waals surface area (Å²) in [6.07, 6.45) is -10.8. The van der Waals surface area contributed by atoms with Gasteiger partial charge in [-0.05, 0) is 6.42 Å². The zero-order valence-corrected chi connectivity index (χ0v) is 29.0. The number of rotatable bonds is 22. The van der Waals surface area contributed by atoms with E-state index in [4.69, 9.17) is 9.66 Å². The van der Waals surface area contributed by atoms with Gasteiger partial charge in [-0.15, -0.1) is 0 Å². The van der Waals surface area contributed by atoms with Crippen molar-refractivity contribution in [2.24, 2.45) is 0 Å². The second kappa shape index (κ2) is 15.5. The summed E-state index contributed by atoms with van der Waals surface area (Å²) in [4.78, 5) is 0. The molecule has 0 radical (unpaired) electrons. The van der Waals surface area contributed by atoms with Gasteiger partial charge in [-0.1, -0.05) is 0 Å². The number of aliphatic hydroxyl groups is 1. The third-order valence-electron chi connectivity index (χ3n) is 7.62. The van der Waals surface area contributed by atoms with Crippen LogP contribution in [0.25, 0.3) is 0 Å². The highest BCUT2D eigenvalue weighted by Gasteiger charge is 3.00. The van der Waals surface area contributed by atoms with Crippen LogP contribution in [0.2, 0.25) is 0 Å². The molecule has 35 heteroatoms. The van der Waals surface area contributed by atoms with E-state index >= 15 is 0 Å². The first-order valence-electron chi connectivity index (χ1n) is 14.0. The Morgan fingerprint density at radius 3 is 1.02 bits per heavy atom. The molecule has 0 unspecified atom stereocenters. The van der Waals surface area contributed by atoms with Crippen LogP contribution in [0.5, 0.6) is 0 Å².